The van der Waals surface area contributed by atoms with Gasteiger partial charge >= 0.3 is 0 Å². The fourth-order valence-electron chi connectivity index (χ4n) is 4.19. The van der Waals surface area contributed by atoms with E-state index in [1.165, 1.54) is 35.5 Å². The third-order valence-corrected chi connectivity index (χ3v) is 6.98. The number of aromatic amines is 1. The lowest BCUT2D eigenvalue weighted by molar-refractivity contribution is -0.384. The summed E-state index contributed by atoms with van der Waals surface area (Å²) >= 11 is 1.50. The minimum atomic E-state index is -0.506. The molecule has 9 heteroatoms. The van der Waals surface area contributed by atoms with Gasteiger partial charge in [-0.3, -0.25) is 14.9 Å². The summed E-state index contributed by atoms with van der Waals surface area (Å²) in [5, 5.41) is 12.5. The van der Waals surface area contributed by atoms with Crippen molar-refractivity contribution in [1.29, 1.82) is 0 Å². The average Bonchev–Trinajstić information content (AvgIpc) is 3.21. The zero-order chi connectivity index (χ0) is 22.9. The maximum Gasteiger partial charge on any atom is 0.284 e. The van der Waals surface area contributed by atoms with Crippen molar-refractivity contribution in [2.45, 2.75) is 32.3 Å². The number of hydrogen-bond donors (Lipinski definition) is 1. The number of nitro groups is 1. The molecule has 0 amide bonds. The molecule has 4 aromatic rings. The number of fused-ring (bicyclic) bond motifs is 3. The SMILES string of the molecule is COc1cc(-c2nc3sc4c(c3c(=O)[nH]2)CCCC4)c([N+](=O)[O-])cc1OCc1ccccc1. The van der Waals surface area contributed by atoms with Gasteiger partial charge in [-0.25, -0.2) is 4.98 Å². The summed E-state index contributed by atoms with van der Waals surface area (Å²) in [7, 11) is 1.47. The van der Waals surface area contributed by atoms with E-state index < -0.39 is 4.92 Å². The molecule has 8 nitrogen and oxygen atoms in total. The molecule has 1 N–H and O–H groups in total. The van der Waals surface area contributed by atoms with Crippen molar-refractivity contribution in [2.24, 2.45) is 0 Å². The van der Waals surface area contributed by atoms with Crippen LogP contribution in [-0.4, -0.2) is 22.0 Å². The van der Waals surface area contributed by atoms with E-state index in [1.54, 1.807) is 0 Å². The Bertz CT molecular complexity index is 1410. The van der Waals surface area contributed by atoms with Gasteiger partial charge in [-0.05, 0) is 36.8 Å². The Kier molecular flexibility index (Phi) is 5.55. The van der Waals surface area contributed by atoms with Gasteiger partial charge in [0, 0.05) is 10.9 Å². The Morgan fingerprint density at radius 1 is 1.15 bits per heavy atom. The predicted octanol–water partition coefficient (Wildman–Crippen LogP) is 5.03. The van der Waals surface area contributed by atoms with Crippen LogP contribution in [0.15, 0.2) is 47.3 Å². The number of thiophene rings is 1. The number of nitrogens with zero attached hydrogens (tertiary/aromatic N) is 2. The second-order valence-electron chi connectivity index (χ2n) is 7.86. The zero-order valence-corrected chi connectivity index (χ0v) is 18.7. The summed E-state index contributed by atoms with van der Waals surface area (Å²) in [6, 6.07) is 12.3. The summed E-state index contributed by atoms with van der Waals surface area (Å²) in [4.78, 5) is 33.5. The van der Waals surface area contributed by atoms with Gasteiger partial charge in [-0.2, -0.15) is 0 Å². The highest BCUT2D eigenvalue weighted by molar-refractivity contribution is 7.18. The number of aromatic nitrogens is 2. The van der Waals surface area contributed by atoms with Crippen molar-refractivity contribution < 1.29 is 14.4 Å². The van der Waals surface area contributed by atoms with Crippen LogP contribution in [-0.2, 0) is 19.4 Å². The van der Waals surface area contributed by atoms with Gasteiger partial charge < -0.3 is 14.5 Å². The lowest BCUT2D eigenvalue weighted by atomic mass is 9.97. The number of aryl methyl sites for hydroxylation is 2. The number of hydrogen-bond acceptors (Lipinski definition) is 7. The van der Waals surface area contributed by atoms with Crippen LogP contribution in [0.2, 0.25) is 0 Å². The van der Waals surface area contributed by atoms with Gasteiger partial charge in [0.25, 0.3) is 11.2 Å². The first kappa shape index (κ1) is 21.1. The van der Waals surface area contributed by atoms with E-state index in [4.69, 9.17) is 9.47 Å². The Labute approximate surface area is 193 Å². The van der Waals surface area contributed by atoms with Crippen LogP contribution in [0.3, 0.4) is 0 Å². The summed E-state index contributed by atoms with van der Waals surface area (Å²) in [6.45, 7) is 0.232. The normalized spacial score (nSPS) is 13.0. The Morgan fingerprint density at radius 2 is 1.94 bits per heavy atom. The third kappa shape index (κ3) is 3.95. The van der Waals surface area contributed by atoms with E-state index in [-0.39, 0.29) is 35.0 Å². The number of ether oxygens (including phenoxy) is 2. The van der Waals surface area contributed by atoms with E-state index in [0.717, 1.165) is 36.8 Å². The highest BCUT2D eigenvalue weighted by atomic mass is 32.1. The molecule has 0 unspecified atom stereocenters. The molecule has 0 aliphatic heterocycles. The summed E-state index contributed by atoms with van der Waals surface area (Å²) < 4.78 is 11.3. The maximum absolute atomic E-state index is 13.0. The minimum absolute atomic E-state index is 0.144. The smallest absolute Gasteiger partial charge is 0.284 e. The molecule has 0 radical (unpaired) electrons. The number of methoxy groups -OCH3 is 1. The van der Waals surface area contributed by atoms with Gasteiger partial charge in [0.2, 0.25) is 0 Å². The quantitative estimate of drug-likeness (QED) is 0.318. The van der Waals surface area contributed by atoms with Gasteiger partial charge in [0.15, 0.2) is 11.5 Å². The highest BCUT2D eigenvalue weighted by Crippen LogP contribution is 2.40. The molecule has 1 aliphatic rings. The fourth-order valence-corrected chi connectivity index (χ4v) is 5.45. The van der Waals surface area contributed by atoms with Crippen LogP contribution in [0.1, 0.15) is 28.8 Å². The molecule has 2 aromatic heterocycles. The standard InChI is InChI=1S/C24H21N3O5S/c1-31-18-11-16(17(27(29)30)12-19(18)32-13-14-7-3-2-4-8-14)22-25-23(28)21-15-9-5-6-10-20(15)33-24(21)26-22/h2-4,7-8,11-12H,5-6,9-10,13H2,1H3,(H,25,26,28). The van der Waals surface area contributed by atoms with Crippen LogP contribution < -0.4 is 15.0 Å². The number of nitrogens with one attached hydrogen (secondary N) is 1. The lowest BCUT2D eigenvalue weighted by Gasteiger charge is -2.13. The van der Waals surface area contributed by atoms with Crippen LogP contribution in [0.4, 0.5) is 5.69 Å². The third-order valence-electron chi connectivity index (χ3n) is 5.80. The minimum Gasteiger partial charge on any atom is -0.493 e. The first-order valence-electron chi connectivity index (χ1n) is 10.6. The molecular weight excluding hydrogens is 442 g/mol. The molecule has 0 saturated carbocycles. The first-order valence-corrected chi connectivity index (χ1v) is 11.4. The van der Waals surface area contributed by atoms with Crippen LogP contribution in [0.5, 0.6) is 11.5 Å². The Morgan fingerprint density at radius 3 is 2.70 bits per heavy atom. The highest BCUT2D eigenvalue weighted by Gasteiger charge is 2.25. The van der Waals surface area contributed by atoms with Crippen molar-refractivity contribution in [3.63, 3.8) is 0 Å². The number of rotatable bonds is 6. The molecule has 1 aliphatic carbocycles. The number of H-pyrrole nitrogens is 1. The monoisotopic (exact) mass is 463 g/mol. The van der Waals surface area contributed by atoms with E-state index in [2.05, 4.69) is 9.97 Å². The first-order chi connectivity index (χ1) is 16.0. The lowest BCUT2D eigenvalue weighted by Crippen LogP contribution is -2.12. The Hall–Kier alpha value is -3.72. The van der Waals surface area contributed by atoms with Crippen molar-refractivity contribution in [1.82, 2.24) is 9.97 Å². The molecule has 168 valence electrons. The van der Waals surface area contributed by atoms with Crippen LogP contribution in [0.25, 0.3) is 21.6 Å². The van der Waals surface area contributed by atoms with E-state index in [1.807, 2.05) is 30.3 Å². The molecule has 0 bridgehead atoms. The van der Waals surface area contributed by atoms with Crippen molar-refractivity contribution >= 4 is 27.2 Å². The molecule has 0 saturated heterocycles. The van der Waals surface area contributed by atoms with Crippen molar-refractivity contribution in [3.05, 3.63) is 78.9 Å². The second-order valence-corrected chi connectivity index (χ2v) is 8.94. The fraction of sp³-hybridized carbons (Fsp3) is 0.250. The Balaban J connectivity index is 1.59. The largest absolute Gasteiger partial charge is 0.493 e. The zero-order valence-electron chi connectivity index (χ0n) is 17.9. The van der Waals surface area contributed by atoms with Gasteiger partial charge in [0.05, 0.1) is 29.0 Å². The summed E-state index contributed by atoms with van der Waals surface area (Å²) in [5.41, 5.74) is 1.67. The van der Waals surface area contributed by atoms with E-state index >= 15 is 0 Å². The van der Waals surface area contributed by atoms with Crippen LogP contribution in [0, 0.1) is 10.1 Å². The number of nitro benzene ring substituents is 1. The summed E-state index contributed by atoms with van der Waals surface area (Å²) in [5.74, 6) is 0.706. The molecule has 0 spiro atoms. The van der Waals surface area contributed by atoms with Crippen molar-refractivity contribution in [3.8, 4) is 22.9 Å². The van der Waals surface area contributed by atoms with Crippen LogP contribution >= 0.6 is 11.3 Å². The number of benzene rings is 2. The maximum atomic E-state index is 13.0. The molecule has 5 rings (SSSR count). The molecule has 2 heterocycles. The van der Waals surface area contributed by atoms with Gasteiger partial charge in [-0.1, -0.05) is 30.3 Å². The molecule has 33 heavy (non-hydrogen) atoms. The molecule has 0 fully saturated rings. The van der Waals surface area contributed by atoms with E-state index in [9.17, 15) is 14.9 Å². The molecule has 0 atom stereocenters. The summed E-state index contributed by atoms with van der Waals surface area (Å²) in [6.07, 6.45) is 3.94. The van der Waals surface area contributed by atoms with Crippen molar-refractivity contribution in [2.75, 3.05) is 7.11 Å². The average molecular weight is 464 g/mol. The topological polar surface area (TPSA) is 107 Å². The predicted molar refractivity (Wildman–Crippen MR) is 126 cm³/mol. The second kappa shape index (κ2) is 8.67. The molecule has 2 aromatic carbocycles. The van der Waals surface area contributed by atoms with E-state index in [0.29, 0.717) is 16.0 Å². The van der Waals surface area contributed by atoms with Gasteiger partial charge in [-0.15, -0.1) is 11.3 Å². The molecular formula is C24H21N3O5S. The van der Waals surface area contributed by atoms with Gasteiger partial charge in [0.1, 0.15) is 17.3 Å².